The lowest BCUT2D eigenvalue weighted by molar-refractivity contribution is -0.139. The second kappa shape index (κ2) is 10.0. The molecule has 3 amide bonds. The van der Waals surface area contributed by atoms with Crippen molar-refractivity contribution < 1.29 is 19.1 Å². The molecule has 2 fully saturated rings. The highest BCUT2D eigenvalue weighted by Gasteiger charge is 2.40. The van der Waals surface area contributed by atoms with Gasteiger partial charge in [-0.15, -0.1) is 0 Å². The van der Waals surface area contributed by atoms with Crippen LogP contribution in [-0.4, -0.2) is 73.5 Å². The molecule has 0 aliphatic carbocycles. The smallest absolute Gasteiger partial charge is 0.263 e. The van der Waals surface area contributed by atoms with Crippen molar-refractivity contribution in [3.63, 3.8) is 0 Å². The van der Waals surface area contributed by atoms with Gasteiger partial charge in [-0.1, -0.05) is 13.0 Å². The number of hydrogen-bond donors (Lipinski definition) is 0. The van der Waals surface area contributed by atoms with Crippen molar-refractivity contribution >= 4 is 23.4 Å². The van der Waals surface area contributed by atoms with Gasteiger partial charge in [0.05, 0.1) is 22.7 Å². The van der Waals surface area contributed by atoms with Crippen LogP contribution in [0.3, 0.4) is 0 Å². The van der Waals surface area contributed by atoms with Gasteiger partial charge >= 0.3 is 0 Å². The van der Waals surface area contributed by atoms with Crippen molar-refractivity contribution in [2.75, 3.05) is 44.8 Å². The zero-order valence-corrected chi connectivity index (χ0v) is 19.3. The number of imide groups is 1. The second-order valence-corrected chi connectivity index (χ2v) is 9.18. The summed E-state index contributed by atoms with van der Waals surface area (Å²) < 4.78 is 5.07. The molecule has 0 N–H and O–H groups in total. The van der Waals surface area contributed by atoms with Gasteiger partial charge in [-0.25, -0.2) is 0 Å². The number of benzene rings is 1. The zero-order chi connectivity index (χ0) is 22.7. The van der Waals surface area contributed by atoms with E-state index in [0.29, 0.717) is 43.3 Å². The van der Waals surface area contributed by atoms with E-state index in [0.717, 1.165) is 50.9 Å². The second-order valence-electron chi connectivity index (χ2n) is 9.18. The molecule has 4 rings (SSSR count). The van der Waals surface area contributed by atoms with Crippen molar-refractivity contribution in [2.45, 2.75) is 57.9 Å². The first-order valence-electron chi connectivity index (χ1n) is 12.1. The number of anilines is 1. The monoisotopic (exact) mass is 441 g/mol. The van der Waals surface area contributed by atoms with E-state index in [4.69, 9.17) is 4.74 Å². The van der Waals surface area contributed by atoms with Crippen LogP contribution >= 0.6 is 0 Å². The van der Waals surface area contributed by atoms with Crippen LogP contribution in [0.4, 0.5) is 5.69 Å². The fourth-order valence-corrected chi connectivity index (χ4v) is 5.50. The Labute approximate surface area is 190 Å². The lowest BCUT2D eigenvalue weighted by Crippen LogP contribution is -2.50. The molecule has 3 aliphatic heterocycles. The Hall–Kier alpha value is -2.41. The first-order chi connectivity index (χ1) is 15.6. The number of carbonyl (C=O) groups excluding carboxylic acids is 3. The summed E-state index contributed by atoms with van der Waals surface area (Å²) in [6.45, 7) is 5.28. The molecule has 7 nitrogen and oxygen atoms in total. The molecule has 3 heterocycles. The van der Waals surface area contributed by atoms with Crippen LogP contribution in [0.1, 0.15) is 72.6 Å². The molecule has 174 valence electrons. The van der Waals surface area contributed by atoms with E-state index in [9.17, 15) is 14.4 Å². The van der Waals surface area contributed by atoms with Crippen LogP contribution in [0.15, 0.2) is 18.2 Å². The van der Waals surface area contributed by atoms with Crippen LogP contribution in [-0.2, 0) is 9.53 Å². The van der Waals surface area contributed by atoms with Gasteiger partial charge in [0.2, 0.25) is 5.91 Å². The maximum Gasteiger partial charge on any atom is 0.263 e. The van der Waals surface area contributed by atoms with Crippen molar-refractivity contribution in [3.05, 3.63) is 29.3 Å². The molecule has 1 aromatic carbocycles. The van der Waals surface area contributed by atoms with Crippen LogP contribution in [0.2, 0.25) is 0 Å². The van der Waals surface area contributed by atoms with Gasteiger partial charge in [0.15, 0.2) is 0 Å². The lowest BCUT2D eigenvalue weighted by Gasteiger charge is -2.41. The number of hydrogen-bond acceptors (Lipinski definition) is 5. The summed E-state index contributed by atoms with van der Waals surface area (Å²) in [5.41, 5.74) is 1.76. The molecule has 0 radical (unpaired) electrons. The average Bonchev–Trinajstić information content (AvgIpc) is 3.08. The summed E-state index contributed by atoms with van der Waals surface area (Å²) in [6, 6.07) is 5.86. The number of rotatable bonds is 7. The van der Waals surface area contributed by atoms with E-state index >= 15 is 0 Å². The molecule has 32 heavy (non-hydrogen) atoms. The Kier molecular flexibility index (Phi) is 7.13. The van der Waals surface area contributed by atoms with E-state index < -0.39 is 0 Å². The fourth-order valence-electron chi connectivity index (χ4n) is 5.50. The molecule has 0 spiro atoms. The Morgan fingerprint density at radius 3 is 2.72 bits per heavy atom. The summed E-state index contributed by atoms with van der Waals surface area (Å²) in [5.74, 6) is -0.256. The third kappa shape index (κ3) is 4.27. The van der Waals surface area contributed by atoms with Gasteiger partial charge in [0.25, 0.3) is 11.8 Å². The number of amides is 3. The van der Waals surface area contributed by atoms with Gasteiger partial charge in [-0.3, -0.25) is 19.3 Å². The van der Waals surface area contributed by atoms with Crippen molar-refractivity contribution in [1.82, 2.24) is 9.80 Å². The first kappa shape index (κ1) is 22.8. The third-order valence-corrected chi connectivity index (χ3v) is 7.20. The summed E-state index contributed by atoms with van der Waals surface area (Å²) in [7, 11) is 1.61. The molecule has 7 heteroatoms. The molecule has 3 aliphatic rings. The minimum Gasteiger partial charge on any atom is -0.385 e. The van der Waals surface area contributed by atoms with Crippen LogP contribution in [0.25, 0.3) is 0 Å². The summed E-state index contributed by atoms with van der Waals surface area (Å²) in [4.78, 5) is 45.0. The lowest BCUT2D eigenvalue weighted by atomic mass is 9.92. The largest absolute Gasteiger partial charge is 0.385 e. The number of nitrogens with zero attached hydrogens (tertiary/aromatic N) is 3. The number of fused-ring (bicyclic) bond motifs is 1. The SMILES string of the molecule is CCC1CCCCN1C(=O)C1CCCN(c2cccc3c2C(=O)N(CCCOC)C3=O)C1. The first-order valence-corrected chi connectivity index (χ1v) is 12.1. The highest BCUT2D eigenvalue weighted by Crippen LogP contribution is 2.35. The molecule has 2 atom stereocenters. The van der Waals surface area contributed by atoms with E-state index in [2.05, 4.69) is 16.7 Å². The van der Waals surface area contributed by atoms with E-state index in [1.54, 1.807) is 13.2 Å². The molecule has 0 bridgehead atoms. The fraction of sp³-hybridized carbons (Fsp3) is 0.640. The Morgan fingerprint density at radius 1 is 1.09 bits per heavy atom. The quantitative estimate of drug-likeness (QED) is 0.480. The van der Waals surface area contributed by atoms with Crippen LogP contribution < -0.4 is 4.90 Å². The molecular weight excluding hydrogens is 406 g/mol. The Morgan fingerprint density at radius 2 is 1.94 bits per heavy atom. The van der Waals surface area contributed by atoms with Gasteiger partial charge in [0.1, 0.15) is 0 Å². The third-order valence-electron chi connectivity index (χ3n) is 7.20. The summed E-state index contributed by atoms with van der Waals surface area (Å²) >= 11 is 0. The zero-order valence-electron chi connectivity index (χ0n) is 19.3. The number of carbonyl (C=O) groups is 3. The molecule has 1 aromatic rings. The van der Waals surface area contributed by atoms with E-state index in [-0.39, 0.29) is 23.6 Å². The van der Waals surface area contributed by atoms with Gasteiger partial charge < -0.3 is 14.5 Å². The van der Waals surface area contributed by atoms with E-state index in [1.165, 1.54) is 11.3 Å². The Balaban J connectivity index is 1.52. The maximum absolute atomic E-state index is 13.4. The highest BCUT2D eigenvalue weighted by atomic mass is 16.5. The number of ether oxygens (including phenoxy) is 1. The molecule has 0 saturated carbocycles. The van der Waals surface area contributed by atoms with Gasteiger partial charge in [-0.05, 0) is 57.1 Å². The summed E-state index contributed by atoms with van der Waals surface area (Å²) in [6.07, 6.45) is 6.79. The summed E-state index contributed by atoms with van der Waals surface area (Å²) in [5, 5.41) is 0. The van der Waals surface area contributed by atoms with Crippen molar-refractivity contribution in [1.29, 1.82) is 0 Å². The predicted molar refractivity (Wildman–Crippen MR) is 123 cm³/mol. The van der Waals surface area contributed by atoms with E-state index in [1.807, 2.05) is 12.1 Å². The van der Waals surface area contributed by atoms with Gasteiger partial charge in [-0.2, -0.15) is 0 Å². The molecular formula is C25H35N3O4. The van der Waals surface area contributed by atoms with Crippen molar-refractivity contribution in [2.24, 2.45) is 5.92 Å². The van der Waals surface area contributed by atoms with Crippen molar-refractivity contribution in [3.8, 4) is 0 Å². The minimum absolute atomic E-state index is 0.0585. The maximum atomic E-state index is 13.4. The molecule has 2 saturated heterocycles. The predicted octanol–water partition coefficient (Wildman–Crippen LogP) is 3.33. The number of piperidine rings is 2. The molecule has 2 unspecified atom stereocenters. The van der Waals surface area contributed by atoms with Gasteiger partial charge in [0, 0.05) is 45.9 Å². The average molecular weight is 442 g/mol. The normalized spacial score (nSPS) is 23.6. The highest BCUT2D eigenvalue weighted by molar-refractivity contribution is 6.23. The number of methoxy groups -OCH3 is 1. The standard InChI is InChI=1S/C25H35N3O4/c1-3-19-10-4-5-14-27(19)23(29)18-9-7-13-26(17-18)21-12-6-11-20-22(21)25(31)28(24(20)30)15-8-16-32-2/h6,11-12,18-19H,3-5,7-10,13-17H2,1-2H3. The molecule has 0 aromatic heterocycles. The Bertz CT molecular complexity index is 871. The number of likely N-dealkylation sites (tertiary alicyclic amines) is 1. The van der Waals surface area contributed by atoms with Crippen LogP contribution in [0, 0.1) is 5.92 Å². The topological polar surface area (TPSA) is 70.2 Å². The minimum atomic E-state index is -0.230. The van der Waals surface area contributed by atoms with Crippen LogP contribution in [0.5, 0.6) is 0 Å².